The molecular weight excluding hydrogens is 366 g/mol. The summed E-state index contributed by atoms with van der Waals surface area (Å²) in [4.78, 5) is 0. The Morgan fingerprint density at radius 2 is 1.80 bits per heavy atom. The van der Waals surface area contributed by atoms with Crippen LogP contribution in [0.15, 0.2) is 61.7 Å². The standard InChI is InChI=1S/C19H26N2.C8H13N/c1-14-11-12-19-16(7-6-10-18(14)19)13-20-15(2)21-17-8-4-3-5-9-17;1-6-4-5-7(2)9-8(6)3/h6-7,10,17,20-21H,1-5,8-9,11-13H2;6,9H,2-5H2,1H3. The highest BCUT2D eigenvalue weighted by molar-refractivity contribution is 5.71. The van der Waals surface area contributed by atoms with Crippen LogP contribution in [0.5, 0.6) is 0 Å². The monoisotopic (exact) mass is 405 g/mol. The van der Waals surface area contributed by atoms with Crippen molar-refractivity contribution in [1.29, 1.82) is 0 Å². The van der Waals surface area contributed by atoms with Crippen molar-refractivity contribution in [3.05, 3.63) is 78.4 Å². The van der Waals surface area contributed by atoms with E-state index in [9.17, 15) is 0 Å². The molecule has 4 rings (SSSR count). The molecule has 0 spiro atoms. The van der Waals surface area contributed by atoms with Crippen LogP contribution in [0.4, 0.5) is 0 Å². The van der Waals surface area contributed by atoms with Gasteiger partial charge in [0, 0.05) is 24.0 Å². The van der Waals surface area contributed by atoms with E-state index in [1.54, 1.807) is 0 Å². The molecule has 3 N–H and O–H groups in total. The molecule has 162 valence electrons. The molecule has 0 amide bonds. The van der Waals surface area contributed by atoms with Gasteiger partial charge in [-0.3, -0.25) is 0 Å². The van der Waals surface area contributed by atoms with Gasteiger partial charge in [-0.05, 0) is 66.7 Å². The summed E-state index contributed by atoms with van der Waals surface area (Å²) in [5.74, 6) is 1.59. The summed E-state index contributed by atoms with van der Waals surface area (Å²) in [5.41, 5.74) is 7.73. The third kappa shape index (κ3) is 6.04. The molecule has 3 heteroatoms. The zero-order valence-corrected chi connectivity index (χ0v) is 18.8. The minimum Gasteiger partial charge on any atom is -0.370 e. The van der Waals surface area contributed by atoms with Crippen molar-refractivity contribution < 1.29 is 0 Å². The summed E-state index contributed by atoms with van der Waals surface area (Å²) >= 11 is 0. The molecule has 0 radical (unpaired) electrons. The van der Waals surface area contributed by atoms with E-state index in [1.807, 2.05) is 0 Å². The predicted octanol–water partition coefficient (Wildman–Crippen LogP) is 6.16. The van der Waals surface area contributed by atoms with Gasteiger partial charge in [0.2, 0.25) is 0 Å². The van der Waals surface area contributed by atoms with Crippen LogP contribution in [0.3, 0.4) is 0 Å². The fraction of sp³-hybridized carbons (Fsp3) is 0.481. The summed E-state index contributed by atoms with van der Waals surface area (Å²) < 4.78 is 0. The SMILES string of the molecule is C=C(NCc1cccc2c1CCC2=C)NC1CCCCC1.C=C1CCC(C)C(=C)N1. The molecule has 0 aromatic heterocycles. The van der Waals surface area contributed by atoms with Crippen LogP contribution in [0.1, 0.15) is 75.0 Å². The van der Waals surface area contributed by atoms with Crippen molar-refractivity contribution >= 4 is 5.57 Å². The molecule has 1 saturated heterocycles. The molecular formula is C27H39N3. The lowest BCUT2D eigenvalue weighted by molar-refractivity contribution is 0.388. The maximum absolute atomic E-state index is 4.16. The average molecular weight is 406 g/mol. The summed E-state index contributed by atoms with van der Waals surface area (Å²) in [6, 6.07) is 7.17. The van der Waals surface area contributed by atoms with E-state index in [0.29, 0.717) is 12.0 Å². The third-order valence-corrected chi connectivity index (χ3v) is 6.62. The van der Waals surface area contributed by atoms with E-state index < -0.39 is 0 Å². The molecule has 30 heavy (non-hydrogen) atoms. The van der Waals surface area contributed by atoms with Gasteiger partial charge >= 0.3 is 0 Å². The molecule has 2 aliphatic carbocycles. The van der Waals surface area contributed by atoms with Crippen LogP contribution in [0, 0.1) is 5.92 Å². The Labute approximate surface area is 183 Å². The fourth-order valence-corrected chi connectivity index (χ4v) is 4.56. The van der Waals surface area contributed by atoms with Crippen molar-refractivity contribution in [3.8, 4) is 0 Å². The van der Waals surface area contributed by atoms with Crippen molar-refractivity contribution in [2.45, 2.75) is 77.3 Å². The van der Waals surface area contributed by atoms with Gasteiger partial charge in [-0.2, -0.15) is 0 Å². The minimum absolute atomic E-state index is 0.611. The lowest BCUT2D eigenvalue weighted by Gasteiger charge is -2.25. The second-order valence-electron chi connectivity index (χ2n) is 9.05. The summed E-state index contributed by atoms with van der Waals surface area (Å²) in [7, 11) is 0. The van der Waals surface area contributed by atoms with Crippen molar-refractivity contribution in [1.82, 2.24) is 16.0 Å². The molecule has 0 bridgehead atoms. The van der Waals surface area contributed by atoms with Crippen molar-refractivity contribution in [2.24, 2.45) is 5.92 Å². The smallest absolute Gasteiger partial charge is 0.0917 e. The molecule has 2 fully saturated rings. The van der Waals surface area contributed by atoms with Gasteiger partial charge in [0.15, 0.2) is 0 Å². The lowest BCUT2D eigenvalue weighted by atomic mass is 9.95. The molecule has 3 nitrogen and oxygen atoms in total. The number of nitrogens with one attached hydrogen (secondary N) is 3. The van der Waals surface area contributed by atoms with Gasteiger partial charge in [0.05, 0.1) is 5.82 Å². The first kappa shape index (κ1) is 22.3. The third-order valence-electron chi connectivity index (χ3n) is 6.62. The van der Waals surface area contributed by atoms with Crippen LogP contribution in [0.2, 0.25) is 0 Å². The Morgan fingerprint density at radius 3 is 2.50 bits per heavy atom. The molecule has 1 aromatic carbocycles. The van der Waals surface area contributed by atoms with E-state index in [4.69, 9.17) is 0 Å². The van der Waals surface area contributed by atoms with Gasteiger partial charge in [-0.25, -0.2) is 0 Å². The Morgan fingerprint density at radius 1 is 1.03 bits per heavy atom. The predicted molar refractivity (Wildman–Crippen MR) is 130 cm³/mol. The summed E-state index contributed by atoms with van der Waals surface area (Å²) in [5, 5.41) is 10.1. The number of fused-ring (bicyclic) bond motifs is 1. The first-order valence-corrected chi connectivity index (χ1v) is 11.6. The second kappa shape index (κ2) is 10.6. The number of rotatable bonds is 5. The van der Waals surface area contributed by atoms with E-state index >= 15 is 0 Å². The molecule has 1 heterocycles. The number of allylic oxidation sites excluding steroid dienone is 3. The topological polar surface area (TPSA) is 36.1 Å². The van der Waals surface area contributed by atoms with Crippen LogP contribution >= 0.6 is 0 Å². The zero-order chi connectivity index (χ0) is 21.5. The van der Waals surface area contributed by atoms with Crippen LogP contribution in [-0.4, -0.2) is 6.04 Å². The maximum Gasteiger partial charge on any atom is 0.0917 e. The molecule has 1 saturated carbocycles. The normalized spacial score (nSPS) is 21.2. The molecule has 1 aliphatic heterocycles. The number of hydrogen-bond acceptors (Lipinski definition) is 3. The van der Waals surface area contributed by atoms with Crippen molar-refractivity contribution in [3.63, 3.8) is 0 Å². The quantitative estimate of drug-likeness (QED) is 0.549. The maximum atomic E-state index is 4.16. The number of piperidine rings is 1. The van der Waals surface area contributed by atoms with E-state index in [0.717, 1.165) is 43.0 Å². The summed E-state index contributed by atoms with van der Waals surface area (Å²) in [6.07, 6.45) is 11.2. The van der Waals surface area contributed by atoms with E-state index in [2.05, 4.69) is 67.4 Å². The largest absolute Gasteiger partial charge is 0.370 e. The van der Waals surface area contributed by atoms with Gasteiger partial charge in [0.1, 0.15) is 0 Å². The second-order valence-corrected chi connectivity index (χ2v) is 9.05. The molecule has 3 aliphatic rings. The molecule has 1 aromatic rings. The number of hydrogen-bond donors (Lipinski definition) is 3. The lowest BCUT2D eigenvalue weighted by Crippen LogP contribution is -2.35. The van der Waals surface area contributed by atoms with E-state index in [-0.39, 0.29) is 0 Å². The zero-order valence-electron chi connectivity index (χ0n) is 18.8. The van der Waals surface area contributed by atoms with Gasteiger partial charge in [-0.15, -0.1) is 0 Å². The van der Waals surface area contributed by atoms with Gasteiger partial charge in [-0.1, -0.05) is 70.7 Å². The highest BCUT2D eigenvalue weighted by Crippen LogP contribution is 2.32. The highest BCUT2D eigenvalue weighted by Gasteiger charge is 2.18. The van der Waals surface area contributed by atoms with Crippen LogP contribution < -0.4 is 16.0 Å². The molecule has 1 unspecified atom stereocenters. The Kier molecular flexibility index (Phi) is 7.84. The fourth-order valence-electron chi connectivity index (χ4n) is 4.56. The highest BCUT2D eigenvalue weighted by atomic mass is 15.1. The Bertz CT molecular complexity index is 798. The Hall–Kier alpha value is -2.42. The first-order chi connectivity index (χ1) is 14.4. The van der Waals surface area contributed by atoms with Crippen molar-refractivity contribution in [2.75, 3.05) is 0 Å². The first-order valence-electron chi connectivity index (χ1n) is 11.6. The van der Waals surface area contributed by atoms with Gasteiger partial charge < -0.3 is 16.0 Å². The average Bonchev–Trinajstić information content (AvgIpc) is 3.12. The number of benzene rings is 1. The van der Waals surface area contributed by atoms with E-state index in [1.165, 1.54) is 60.8 Å². The molecule has 1 atom stereocenters. The van der Waals surface area contributed by atoms with Crippen LogP contribution in [0.25, 0.3) is 5.57 Å². The minimum atomic E-state index is 0.611. The van der Waals surface area contributed by atoms with Gasteiger partial charge in [0.25, 0.3) is 0 Å². The van der Waals surface area contributed by atoms with Crippen LogP contribution in [-0.2, 0) is 13.0 Å². The Balaban J connectivity index is 0.000000239. The summed E-state index contributed by atoms with van der Waals surface area (Å²) in [6.45, 7) is 19.0.